The standard InChI is InChI=1S/C26H30O5.C14H12O3/c1-22(2)17(27)7-9-23(3)16-6-10-24(4)15(14-8-11-30-13-14)12-18-26(24,31-18)25(16,5)21(29)19(28)20(22)23;15-12-5-3-10(4-6-12)1-2-11-7-13(16)9-14(17)8-11/h7-9,11,13,15-16,18,28H,6,10,12H2,1-5H3;1-9,15-17H. The summed E-state index contributed by atoms with van der Waals surface area (Å²) in [6, 6.07) is 13.1. The Bertz CT molecular complexity index is 1880. The van der Waals surface area contributed by atoms with Gasteiger partial charge in [-0.15, -0.1) is 0 Å². The number of carbonyl (C=O) groups excluding carboxylic acids is 2. The Morgan fingerprint density at radius 3 is 2.15 bits per heavy atom. The van der Waals surface area contributed by atoms with Crippen molar-refractivity contribution in [3.8, 4) is 17.2 Å². The maximum atomic E-state index is 14.0. The number of allylic oxidation sites excluding steroid dienone is 4. The number of hydrogen-bond acceptors (Lipinski definition) is 8. The molecule has 0 radical (unpaired) electrons. The summed E-state index contributed by atoms with van der Waals surface area (Å²) in [7, 11) is 0. The maximum Gasteiger partial charge on any atom is 0.206 e. The first-order chi connectivity index (χ1) is 22.6. The molecule has 1 saturated heterocycles. The van der Waals surface area contributed by atoms with Crippen molar-refractivity contribution in [3.05, 3.63) is 101 Å². The molecule has 4 aliphatic carbocycles. The van der Waals surface area contributed by atoms with Crippen molar-refractivity contribution in [2.45, 2.75) is 71.5 Å². The number of hydrogen-bond donors (Lipinski definition) is 4. The second-order valence-corrected chi connectivity index (χ2v) is 15.3. The largest absolute Gasteiger partial charge is 0.508 e. The normalized spacial score (nSPS) is 35.7. The van der Waals surface area contributed by atoms with Crippen molar-refractivity contribution >= 4 is 23.7 Å². The second-order valence-electron chi connectivity index (χ2n) is 15.3. The van der Waals surface area contributed by atoms with Gasteiger partial charge in [0, 0.05) is 16.9 Å². The summed E-state index contributed by atoms with van der Waals surface area (Å²) in [6.45, 7) is 10.0. The fraction of sp³-hybridized carbons (Fsp3) is 0.400. The zero-order valence-electron chi connectivity index (χ0n) is 27.9. The van der Waals surface area contributed by atoms with Gasteiger partial charge in [0.25, 0.3) is 0 Å². The number of rotatable bonds is 3. The van der Waals surface area contributed by atoms with Gasteiger partial charge in [-0.2, -0.15) is 0 Å². The number of furan rings is 1. The van der Waals surface area contributed by atoms with Crippen LogP contribution in [0.2, 0.25) is 0 Å². The Morgan fingerprint density at radius 1 is 0.833 bits per heavy atom. The number of carbonyl (C=O) groups is 2. The Balaban J connectivity index is 0.000000182. The first kappa shape index (κ1) is 32.0. The molecule has 48 heavy (non-hydrogen) atoms. The Labute approximate surface area is 280 Å². The van der Waals surface area contributed by atoms with E-state index in [0.717, 1.165) is 24.8 Å². The highest BCUT2D eigenvalue weighted by atomic mass is 16.6. The van der Waals surface area contributed by atoms with Crippen LogP contribution in [0.5, 0.6) is 17.2 Å². The minimum Gasteiger partial charge on any atom is -0.508 e. The molecule has 250 valence electrons. The number of ether oxygens (including phenoxy) is 1. The summed E-state index contributed by atoms with van der Waals surface area (Å²) in [5, 5.41) is 39.1. The number of benzene rings is 2. The predicted octanol–water partition coefficient (Wildman–Crippen LogP) is 7.87. The summed E-state index contributed by atoms with van der Waals surface area (Å²) in [6.07, 6.45) is 13.4. The minimum atomic E-state index is -0.901. The third-order valence-electron chi connectivity index (χ3n) is 12.5. The number of fused-ring (bicyclic) bond motifs is 3. The molecule has 4 N–H and O–H groups in total. The number of phenolic OH excluding ortho intramolecular Hbond substituents is 3. The molecular formula is C40H42O8. The van der Waals surface area contributed by atoms with Crippen molar-refractivity contribution in [1.82, 2.24) is 0 Å². The number of aromatic hydroxyl groups is 3. The van der Waals surface area contributed by atoms with Crippen molar-refractivity contribution in [1.29, 1.82) is 0 Å². The highest BCUT2D eigenvalue weighted by molar-refractivity contribution is 6.06. The molecule has 2 saturated carbocycles. The van der Waals surface area contributed by atoms with E-state index in [1.165, 1.54) is 11.6 Å². The van der Waals surface area contributed by atoms with Crippen LogP contribution >= 0.6 is 0 Å². The van der Waals surface area contributed by atoms with Gasteiger partial charge in [-0.1, -0.05) is 44.2 Å². The van der Waals surface area contributed by atoms with Gasteiger partial charge in [-0.25, -0.2) is 0 Å². The molecule has 2 heterocycles. The molecule has 3 aromatic rings. The average molecular weight is 651 g/mol. The zero-order chi connectivity index (χ0) is 34.4. The molecule has 5 aliphatic rings. The molecule has 1 spiro atoms. The molecule has 1 aromatic heterocycles. The summed E-state index contributed by atoms with van der Waals surface area (Å²) >= 11 is 0. The van der Waals surface area contributed by atoms with E-state index in [1.54, 1.807) is 54.8 Å². The fourth-order valence-corrected chi connectivity index (χ4v) is 10.3. The number of phenols is 3. The third-order valence-corrected chi connectivity index (χ3v) is 12.5. The highest BCUT2D eigenvalue weighted by Gasteiger charge is 2.87. The Kier molecular flexibility index (Phi) is 6.98. The van der Waals surface area contributed by atoms with Crippen LogP contribution < -0.4 is 0 Å². The first-order valence-corrected chi connectivity index (χ1v) is 16.5. The van der Waals surface area contributed by atoms with E-state index in [4.69, 9.17) is 14.3 Å². The summed E-state index contributed by atoms with van der Waals surface area (Å²) in [4.78, 5) is 26.7. The molecule has 8 rings (SSSR count). The lowest BCUT2D eigenvalue weighted by Gasteiger charge is -2.62. The van der Waals surface area contributed by atoms with Gasteiger partial charge in [-0.05, 0) is 111 Å². The smallest absolute Gasteiger partial charge is 0.206 e. The number of ketones is 2. The van der Waals surface area contributed by atoms with E-state index < -0.39 is 21.8 Å². The molecule has 7 unspecified atom stereocenters. The van der Waals surface area contributed by atoms with Gasteiger partial charge in [0.05, 0.1) is 29.5 Å². The van der Waals surface area contributed by atoms with Gasteiger partial charge in [0.1, 0.15) is 22.8 Å². The van der Waals surface area contributed by atoms with Crippen LogP contribution in [0.1, 0.15) is 76.5 Å². The van der Waals surface area contributed by atoms with Gasteiger partial charge < -0.3 is 29.6 Å². The molecule has 2 aromatic carbocycles. The van der Waals surface area contributed by atoms with Crippen LogP contribution in [0.15, 0.2) is 89.0 Å². The van der Waals surface area contributed by atoms with Gasteiger partial charge >= 0.3 is 0 Å². The second kappa shape index (κ2) is 10.5. The van der Waals surface area contributed by atoms with E-state index in [9.17, 15) is 24.9 Å². The lowest BCUT2D eigenvalue weighted by molar-refractivity contribution is -0.162. The predicted molar refractivity (Wildman–Crippen MR) is 180 cm³/mol. The fourth-order valence-electron chi connectivity index (χ4n) is 10.3. The number of Topliss-reactive ketones (excluding diaryl/α,β-unsaturated/α-hetero) is 1. The van der Waals surface area contributed by atoms with Crippen LogP contribution in [0.3, 0.4) is 0 Å². The van der Waals surface area contributed by atoms with Gasteiger partial charge in [-0.3, -0.25) is 9.59 Å². The van der Waals surface area contributed by atoms with Crippen molar-refractivity contribution < 1.29 is 39.2 Å². The first-order valence-electron chi connectivity index (χ1n) is 16.5. The van der Waals surface area contributed by atoms with E-state index in [0.29, 0.717) is 11.1 Å². The zero-order valence-corrected chi connectivity index (χ0v) is 27.9. The van der Waals surface area contributed by atoms with E-state index >= 15 is 0 Å². The topological polar surface area (TPSA) is 141 Å². The average Bonchev–Trinajstić information content (AvgIpc) is 3.38. The molecule has 7 atom stereocenters. The SMILES string of the molecule is CC1(C)C(=O)C=CC2(C)C1=C(O)C(=O)C1(C)C2CCC2(C)C(c3ccoc3)CC3OC321.Oc1ccc(C=Cc2cc(O)cc(O)c2)cc1. The Morgan fingerprint density at radius 2 is 1.50 bits per heavy atom. The van der Waals surface area contributed by atoms with Crippen LogP contribution in [0.25, 0.3) is 12.2 Å². The van der Waals surface area contributed by atoms with Crippen LogP contribution in [-0.4, -0.2) is 43.7 Å². The molecular weight excluding hydrogens is 608 g/mol. The number of aliphatic hydroxyl groups is 1. The molecule has 8 heteroatoms. The summed E-state index contributed by atoms with van der Waals surface area (Å²) in [5.74, 6) is -0.0453. The quantitative estimate of drug-likeness (QED) is 0.166. The lowest BCUT2D eigenvalue weighted by Crippen LogP contribution is -2.66. The highest BCUT2D eigenvalue weighted by Crippen LogP contribution is 2.81. The molecule has 8 nitrogen and oxygen atoms in total. The maximum absolute atomic E-state index is 14.0. The van der Waals surface area contributed by atoms with Gasteiger partial charge in [0.2, 0.25) is 5.78 Å². The number of aliphatic hydroxyl groups excluding tert-OH is 1. The minimum absolute atomic E-state index is 0.00527. The van der Waals surface area contributed by atoms with Crippen LogP contribution in [0, 0.1) is 27.6 Å². The van der Waals surface area contributed by atoms with E-state index in [2.05, 4.69) is 13.8 Å². The molecule has 0 bridgehead atoms. The summed E-state index contributed by atoms with van der Waals surface area (Å²) < 4.78 is 11.9. The van der Waals surface area contributed by atoms with Crippen molar-refractivity contribution in [2.24, 2.45) is 27.6 Å². The van der Waals surface area contributed by atoms with Gasteiger partial charge in [0.15, 0.2) is 11.5 Å². The van der Waals surface area contributed by atoms with Crippen LogP contribution in [-0.2, 0) is 14.3 Å². The molecule has 1 aliphatic heterocycles. The van der Waals surface area contributed by atoms with E-state index in [1.807, 2.05) is 45.3 Å². The van der Waals surface area contributed by atoms with E-state index in [-0.39, 0.29) is 57.9 Å². The van der Waals surface area contributed by atoms with Crippen LogP contribution in [0.4, 0.5) is 0 Å². The monoisotopic (exact) mass is 650 g/mol. The molecule has 0 amide bonds. The number of epoxide rings is 1. The molecule has 3 fully saturated rings. The summed E-state index contributed by atoms with van der Waals surface area (Å²) in [5.41, 5.74) is 0.227. The van der Waals surface area contributed by atoms with Crippen molar-refractivity contribution in [2.75, 3.05) is 0 Å². The Hall–Kier alpha value is -4.56. The lowest BCUT2D eigenvalue weighted by atomic mass is 9.39. The third kappa shape index (κ3) is 4.24. The van der Waals surface area contributed by atoms with Crippen molar-refractivity contribution in [3.63, 3.8) is 0 Å².